The summed E-state index contributed by atoms with van der Waals surface area (Å²) < 4.78 is 11.3. The molecule has 2 heterocycles. The zero-order valence-corrected chi connectivity index (χ0v) is 17.6. The summed E-state index contributed by atoms with van der Waals surface area (Å²) in [5.41, 5.74) is 1.56. The van der Waals surface area contributed by atoms with Crippen LogP contribution in [0.5, 0.6) is 5.75 Å². The van der Waals surface area contributed by atoms with Crippen molar-refractivity contribution in [2.24, 2.45) is 10.4 Å². The number of halogens is 1. The Labute approximate surface area is 168 Å². The van der Waals surface area contributed by atoms with E-state index in [0.29, 0.717) is 5.41 Å². The van der Waals surface area contributed by atoms with Crippen molar-refractivity contribution in [1.29, 1.82) is 0 Å². The van der Waals surface area contributed by atoms with Gasteiger partial charge in [0.15, 0.2) is 5.96 Å². The molecule has 2 aliphatic heterocycles. The normalized spacial score (nSPS) is 23.0. The fourth-order valence-corrected chi connectivity index (χ4v) is 3.57. The Morgan fingerprint density at radius 3 is 3.00 bits per heavy atom. The van der Waals surface area contributed by atoms with Crippen LogP contribution in [0.3, 0.4) is 0 Å². The molecule has 25 heavy (non-hydrogen) atoms. The minimum Gasteiger partial charge on any atom is -0.494 e. The summed E-state index contributed by atoms with van der Waals surface area (Å²) in [6, 6.07) is 8.28. The topological polar surface area (TPSA) is 46.1 Å². The summed E-state index contributed by atoms with van der Waals surface area (Å²) in [5.74, 6) is 1.92. The van der Waals surface area contributed by atoms with E-state index in [0.717, 1.165) is 57.6 Å². The summed E-state index contributed by atoms with van der Waals surface area (Å²) in [6.07, 6.45) is 3.40. The van der Waals surface area contributed by atoms with E-state index in [2.05, 4.69) is 34.3 Å². The van der Waals surface area contributed by atoms with Gasteiger partial charge in [-0.15, -0.1) is 24.0 Å². The highest BCUT2D eigenvalue weighted by Gasteiger charge is 2.42. The lowest BCUT2D eigenvalue weighted by Gasteiger charge is -2.25. The van der Waals surface area contributed by atoms with Crippen LogP contribution in [0.2, 0.25) is 0 Å². The number of rotatable bonds is 5. The van der Waals surface area contributed by atoms with Gasteiger partial charge in [0.1, 0.15) is 5.75 Å². The van der Waals surface area contributed by atoms with Gasteiger partial charge >= 0.3 is 0 Å². The Bertz CT molecular complexity index is 574. The molecule has 1 aromatic carbocycles. The van der Waals surface area contributed by atoms with Gasteiger partial charge in [0.2, 0.25) is 0 Å². The third kappa shape index (κ3) is 5.23. The molecule has 2 saturated heterocycles. The molecule has 0 radical (unpaired) electrons. The number of guanidine groups is 1. The number of hydrogen-bond acceptors (Lipinski definition) is 3. The van der Waals surface area contributed by atoms with E-state index in [9.17, 15) is 0 Å². The zero-order valence-electron chi connectivity index (χ0n) is 15.3. The van der Waals surface area contributed by atoms with Gasteiger partial charge in [-0.2, -0.15) is 0 Å². The molecule has 1 aromatic rings. The number of nitrogens with zero attached hydrogens (tertiary/aromatic N) is 2. The molecule has 1 spiro atoms. The maximum atomic E-state index is 5.71. The van der Waals surface area contributed by atoms with E-state index in [1.807, 2.05) is 19.2 Å². The Balaban J connectivity index is 0.00000225. The van der Waals surface area contributed by atoms with Gasteiger partial charge in [-0.25, -0.2) is 0 Å². The maximum Gasteiger partial charge on any atom is 0.193 e. The molecule has 1 unspecified atom stereocenters. The van der Waals surface area contributed by atoms with Crippen molar-refractivity contribution < 1.29 is 9.47 Å². The van der Waals surface area contributed by atoms with E-state index in [4.69, 9.17) is 9.47 Å². The van der Waals surface area contributed by atoms with Gasteiger partial charge in [-0.3, -0.25) is 4.99 Å². The first kappa shape index (κ1) is 20.3. The maximum absolute atomic E-state index is 5.71. The lowest BCUT2D eigenvalue weighted by Crippen LogP contribution is -2.41. The molecule has 5 nitrogen and oxygen atoms in total. The van der Waals surface area contributed by atoms with Gasteiger partial charge < -0.3 is 19.7 Å². The molecule has 2 aliphatic rings. The molecule has 6 heteroatoms. The van der Waals surface area contributed by atoms with Gasteiger partial charge in [0, 0.05) is 38.7 Å². The molecular weight excluding hydrogens is 429 g/mol. The number of ether oxygens (including phenoxy) is 2. The molecule has 140 valence electrons. The second-order valence-electron chi connectivity index (χ2n) is 6.87. The third-order valence-electron chi connectivity index (χ3n) is 4.96. The van der Waals surface area contributed by atoms with Crippen molar-refractivity contribution in [3.8, 4) is 5.75 Å². The van der Waals surface area contributed by atoms with Crippen LogP contribution in [0.1, 0.15) is 31.7 Å². The lowest BCUT2D eigenvalue weighted by molar-refractivity contribution is 0.156. The van der Waals surface area contributed by atoms with Gasteiger partial charge in [-0.05, 0) is 37.0 Å². The third-order valence-corrected chi connectivity index (χ3v) is 4.96. The molecule has 0 amide bonds. The van der Waals surface area contributed by atoms with Crippen LogP contribution in [0.25, 0.3) is 0 Å². The monoisotopic (exact) mass is 459 g/mol. The Kier molecular flexibility index (Phi) is 7.81. The Hall–Kier alpha value is -1.02. The van der Waals surface area contributed by atoms with Gasteiger partial charge in [-0.1, -0.05) is 19.1 Å². The first-order valence-corrected chi connectivity index (χ1v) is 9.00. The lowest BCUT2D eigenvalue weighted by atomic mass is 9.87. The van der Waals surface area contributed by atoms with Crippen molar-refractivity contribution in [3.63, 3.8) is 0 Å². The number of likely N-dealkylation sites (tertiary alicyclic amines) is 1. The second kappa shape index (κ2) is 9.62. The van der Waals surface area contributed by atoms with Crippen molar-refractivity contribution in [2.45, 2.75) is 32.7 Å². The second-order valence-corrected chi connectivity index (χ2v) is 6.87. The van der Waals surface area contributed by atoms with E-state index >= 15 is 0 Å². The van der Waals surface area contributed by atoms with E-state index in [-0.39, 0.29) is 24.0 Å². The number of hydrogen-bond donors (Lipinski definition) is 1. The molecule has 0 bridgehead atoms. The van der Waals surface area contributed by atoms with Crippen LogP contribution in [0.4, 0.5) is 0 Å². The first-order valence-electron chi connectivity index (χ1n) is 9.00. The fraction of sp³-hybridized carbons (Fsp3) is 0.632. The average Bonchev–Trinajstić information content (AvgIpc) is 3.24. The van der Waals surface area contributed by atoms with Crippen molar-refractivity contribution in [1.82, 2.24) is 10.2 Å². The molecule has 1 N–H and O–H groups in total. The standard InChI is InChI=1S/C19H29N3O2.HI/c1-3-10-24-17-6-4-5-16(12-17)13-21-18(20-2)22-9-7-19(14-22)8-11-23-15-19;/h4-6,12H,3,7-11,13-15H2,1-2H3,(H,20,21);1H. The number of benzene rings is 1. The van der Waals surface area contributed by atoms with Crippen LogP contribution >= 0.6 is 24.0 Å². The minimum absolute atomic E-state index is 0. The number of nitrogens with one attached hydrogen (secondary N) is 1. The summed E-state index contributed by atoms with van der Waals surface area (Å²) >= 11 is 0. The Morgan fingerprint density at radius 2 is 2.28 bits per heavy atom. The van der Waals surface area contributed by atoms with Crippen LogP contribution < -0.4 is 10.1 Å². The molecule has 0 aliphatic carbocycles. The first-order chi connectivity index (χ1) is 11.7. The quantitative estimate of drug-likeness (QED) is 0.417. The average molecular weight is 459 g/mol. The molecule has 2 fully saturated rings. The van der Waals surface area contributed by atoms with Crippen molar-refractivity contribution in [3.05, 3.63) is 29.8 Å². The molecule has 3 rings (SSSR count). The smallest absolute Gasteiger partial charge is 0.193 e. The molecule has 0 aromatic heterocycles. The van der Waals surface area contributed by atoms with Crippen molar-refractivity contribution >= 4 is 29.9 Å². The van der Waals surface area contributed by atoms with Gasteiger partial charge in [0.05, 0.1) is 13.2 Å². The minimum atomic E-state index is 0. The van der Waals surface area contributed by atoms with Crippen LogP contribution in [-0.2, 0) is 11.3 Å². The summed E-state index contributed by atoms with van der Waals surface area (Å²) in [7, 11) is 1.86. The summed E-state index contributed by atoms with van der Waals surface area (Å²) in [4.78, 5) is 6.84. The highest BCUT2D eigenvalue weighted by atomic mass is 127. The summed E-state index contributed by atoms with van der Waals surface area (Å²) in [6.45, 7) is 7.55. The van der Waals surface area contributed by atoms with E-state index in [1.165, 1.54) is 18.4 Å². The van der Waals surface area contributed by atoms with E-state index < -0.39 is 0 Å². The zero-order chi connectivity index (χ0) is 16.8. The molecule has 0 saturated carbocycles. The van der Waals surface area contributed by atoms with Crippen LogP contribution in [0, 0.1) is 5.41 Å². The fourth-order valence-electron chi connectivity index (χ4n) is 3.57. The van der Waals surface area contributed by atoms with Crippen LogP contribution in [0.15, 0.2) is 29.3 Å². The van der Waals surface area contributed by atoms with Crippen LogP contribution in [-0.4, -0.2) is 50.8 Å². The Morgan fingerprint density at radius 1 is 1.40 bits per heavy atom. The molecule has 1 atom stereocenters. The molecular formula is C19H30IN3O2. The number of aliphatic imine (C=N–C) groups is 1. The van der Waals surface area contributed by atoms with Crippen molar-refractivity contribution in [2.75, 3.05) is 40.0 Å². The largest absolute Gasteiger partial charge is 0.494 e. The predicted molar refractivity (Wildman–Crippen MR) is 112 cm³/mol. The highest BCUT2D eigenvalue weighted by Crippen LogP contribution is 2.38. The van der Waals surface area contributed by atoms with E-state index in [1.54, 1.807) is 0 Å². The SMILES string of the molecule is CCCOc1cccc(CNC(=NC)N2CCC3(CCOC3)C2)c1.I. The predicted octanol–water partition coefficient (Wildman–Crippen LogP) is 3.28. The summed E-state index contributed by atoms with van der Waals surface area (Å²) in [5, 5.41) is 3.50. The highest BCUT2D eigenvalue weighted by molar-refractivity contribution is 14.0. The van der Waals surface area contributed by atoms with Gasteiger partial charge in [0.25, 0.3) is 0 Å².